The molecule has 6 heteroatoms. The van der Waals surface area contributed by atoms with Gasteiger partial charge in [0.05, 0.1) is 6.61 Å². The van der Waals surface area contributed by atoms with Gasteiger partial charge in [0.25, 0.3) is 0 Å². The highest BCUT2D eigenvalue weighted by Crippen LogP contribution is 2.08. The summed E-state index contributed by atoms with van der Waals surface area (Å²) in [6, 6.07) is 6.14. The number of ether oxygens (including phenoxy) is 1. The molecule has 2 N–H and O–H groups in total. The van der Waals surface area contributed by atoms with E-state index in [0.29, 0.717) is 5.69 Å². The minimum absolute atomic E-state index is 0.217. The van der Waals surface area contributed by atoms with Crippen LogP contribution < -0.4 is 10.6 Å². The lowest BCUT2D eigenvalue weighted by atomic mass is 10.2. The lowest BCUT2D eigenvalue weighted by Crippen LogP contribution is -2.44. The van der Waals surface area contributed by atoms with Crippen molar-refractivity contribution < 1.29 is 19.1 Å². The quantitative estimate of drug-likeness (QED) is 0.635. The van der Waals surface area contributed by atoms with E-state index >= 15 is 0 Å². The first kappa shape index (κ1) is 15.7. The van der Waals surface area contributed by atoms with Crippen LogP contribution in [0.4, 0.5) is 5.69 Å². The normalized spacial score (nSPS) is 11.3. The Labute approximate surface area is 117 Å². The van der Waals surface area contributed by atoms with Gasteiger partial charge >= 0.3 is 17.8 Å². The first-order valence-corrected chi connectivity index (χ1v) is 6.29. The van der Waals surface area contributed by atoms with Gasteiger partial charge < -0.3 is 15.4 Å². The fourth-order valence-electron chi connectivity index (χ4n) is 1.41. The number of hydrogen-bond donors (Lipinski definition) is 2. The van der Waals surface area contributed by atoms with Gasteiger partial charge in [-0.05, 0) is 32.9 Å². The molecule has 2 amide bonds. The molecule has 0 aliphatic rings. The van der Waals surface area contributed by atoms with Gasteiger partial charge in [-0.2, -0.15) is 0 Å². The van der Waals surface area contributed by atoms with Gasteiger partial charge in [0.2, 0.25) is 0 Å². The molecule has 6 nitrogen and oxygen atoms in total. The highest BCUT2D eigenvalue weighted by Gasteiger charge is 2.21. The second kappa shape index (κ2) is 7.28. The summed E-state index contributed by atoms with van der Waals surface area (Å²) in [4.78, 5) is 34.6. The van der Waals surface area contributed by atoms with Crippen LogP contribution in [0.3, 0.4) is 0 Å². The van der Waals surface area contributed by atoms with Gasteiger partial charge in [-0.15, -0.1) is 0 Å². The van der Waals surface area contributed by atoms with Crippen molar-refractivity contribution in [2.24, 2.45) is 0 Å². The van der Waals surface area contributed by atoms with Crippen molar-refractivity contribution in [3.05, 3.63) is 29.8 Å². The topological polar surface area (TPSA) is 84.5 Å². The number of esters is 1. The minimum Gasteiger partial charge on any atom is -0.464 e. The Morgan fingerprint density at radius 2 is 1.75 bits per heavy atom. The summed E-state index contributed by atoms with van der Waals surface area (Å²) in [5.74, 6) is -2.29. The van der Waals surface area contributed by atoms with Gasteiger partial charge in [-0.1, -0.05) is 17.7 Å². The molecule has 0 radical (unpaired) electrons. The van der Waals surface area contributed by atoms with Crippen LogP contribution in [0.1, 0.15) is 19.4 Å². The lowest BCUT2D eigenvalue weighted by Gasteiger charge is -2.12. The molecule has 0 bridgehead atoms. The maximum Gasteiger partial charge on any atom is 0.328 e. The number of rotatable bonds is 4. The summed E-state index contributed by atoms with van der Waals surface area (Å²) < 4.78 is 4.73. The van der Waals surface area contributed by atoms with Crippen molar-refractivity contribution in [2.75, 3.05) is 11.9 Å². The largest absolute Gasteiger partial charge is 0.464 e. The molecule has 0 aliphatic carbocycles. The molecule has 0 aliphatic heterocycles. The predicted molar refractivity (Wildman–Crippen MR) is 74.0 cm³/mol. The molecule has 0 heterocycles. The van der Waals surface area contributed by atoms with Crippen LogP contribution in [0.5, 0.6) is 0 Å². The minimum atomic E-state index is -0.883. The Bertz CT molecular complexity index is 496. The van der Waals surface area contributed by atoms with E-state index in [0.717, 1.165) is 5.56 Å². The lowest BCUT2D eigenvalue weighted by molar-refractivity contribution is -0.147. The number of amides is 2. The van der Waals surface area contributed by atoms with Crippen molar-refractivity contribution in [2.45, 2.75) is 26.8 Å². The highest BCUT2D eigenvalue weighted by molar-refractivity contribution is 6.40. The van der Waals surface area contributed by atoms with Gasteiger partial charge in [0, 0.05) is 5.69 Å². The van der Waals surface area contributed by atoms with Gasteiger partial charge in [-0.3, -0.25) is 9.59 Å². The average Bonchev–Trinajstić information content (AvgIpc) is 2.41. The number of aryl methyl sites for hydroxylation is 1. The third-order valence-electron chi connectivity index (χ3n) is 2.50. The maximum absolute atomic E-state index is 11.6. The smallest absolute Gasteiger partial charge is 0.328 e. The van der Waals surface area contributed by atoms with Crippen molar-refractivity contribution in [1.29, 1.82) is 0 Å². The number of carbonyl (C=O) groups excluding carboxylic acids is 3. The summed E-state index contributed by atoms with van der Waals surface area (Å²) in [5, 5.41) is 4.71. The van der Waals surface area contributed by atoms with E-state index in [9.17, 15) is 14.4 Å². The second-order valence-corrected chi connectivity index (χ2v) is 4.27. The SMILES string of the molecule is CCOC(=O)C(C)NC(=O)C(=O)Nc1ccc(C)cc1. The van der Waals surface area contributed by atoms with Crippen molar-refractivity contribution >= 4 is 23.5 Å². The molecule has 1 unspecified atom stereocenters. The molecule has 1 aromatic carbocycles. The maximum atomic E-state index is 11.6. The van der Waals surface area contributed by atoms with E-state index in [1.807, 2.05) is 19.1 Å². The van der Waals surface area contributed by atoms with E-state index in [1.165, 1.54) is 6.92 Å². The molecule has 108 valence electrons. The number of nitrogens with one attached hydrogen (secondary N) is 2. The molecule has 0 aromatic heterocycles. The van der Waals surface area contributed by atoms with Crippen LogP contribution in [-0.4, -0.2) is 30.4 Å². The van der Waals surface area contributed by atoms with Crippen LogP contribution in [0.2, 0.25) is 0 Å². The molecule has 0 saturated carbocycles. The zero-order chi connectivity index (χ0) is 15.1. The molecular weight excluding hydrogens is 260 g/mol. The van der Waals surface area contributed by atoms with Crippen LogP contribution in [0.15, 0.2) is 24.3 Å². The molecule has 1 atom stereocenters. The molecule has 20 heavy (non-hydrogen) atoms. The Kier molecular flexibility index (Phi) is 5.71. The summed E-state index contributed by atoms with van der Waals surface area (Å²) in [6.45, 7) is 5.25. The second-order valence-electron chi connectivity index (χ2n) is 4.27. The fraction of sp³-hybridized carbons (Fsp3) is 0.357. The summed E-state index contributed by atoms with van der Waals surface area (Å²) >= 11 is 0. The Morgan fingerprint density at radius 1 is 1.15 bits per heavy atom. The molecule has 1 aromatic rings. The third kappa shape index (κ3) is 4.72. The molecule has 0 spiro atoms. The van der Waals surface area contributed by atoms with E-state index < -0.39 is 23.8 Å². The molecule has 0 saturated heterocycles. The van der Waals surface area contributed by atoms with Crippen molar-refractivity contribution in [3.8, 4) is 0 Å². The van der Waals surface area contributed by atoms with Crippen LogP contribution in [0, 0.1) is 6.92 Å². The van der Waals surface area contributed by atoms with Gasteiger partial charge in [-0.25, -0.2) is 4.79 Å². The third-order valence-corrected chi connectivity index (χ3v) is 2.50. The summed E-state index contributed by atoms with van der Waals surface area (Å²) in [6.07, 6.45) is 0. The first-order chi connectivity index (χ1) is 9.43. The van der Waals surface area contributed by atoms with Crippen LogP contribution in [-0.2, 0) is 19.1 Å². The molecule has 0 fully saturated rings. The van der Waals surface area contributed by atoms with Crippen LogP contribution in [0.25, 0.3) is 0 Å². The van der Waals surface area contributed by atoms with E-state index in [2.05, 4.69) is 10.6 Å². The standard InChI is InChI=1S/C14H18N2O4/c1-4-20-14(19)10(3)15-12(17)13(18)16-11-7-5-9(2)6-8-11/h5-8,10H,4H2,1-3H3,(H,15,17)(H,16,18). The molecule has 1 rings (SSSR count). The van der Waals surface area contributed by atoms with Gasteiger partial charge in [0.1, 0.15) is 6.04 Å². The Hall–Kier alpha value is -2.37. The number of hydrogen-bond acceptors (Lipinski definition) is 4. The van der Waals surface area contributed by atoms with Gasteiger partial charge in [0.15, 0.2) is 0 Å². The summed E-state index contributed by atoms with van der Waals surface area (Å²) in [7, 11) is 0. The Morgan fingerprint density at radius 3 is 2.30 bits per heavy atom. The fourth-order valence-corrected chi connectivity index (χ4v) is 1.41. The zero-order valence-electron chi connectivity index (χ0n) is 11.7. The molecular formula is C14H18N2O4. The van der Waals surface area contributed by atoms with Crippen molar-refractivity contribution in [3.63, 3.8) is 0 Å². The van der Waals surface area contributed by atoms with E-state index in [1.54, 1.807) is 19.1 Å². The predicted octanol–water partition coefficient (Wildman–Crippen LogP) is 1.00. The zero-order valence-corrected chi connectivity index (χ0v) is 11.7. The van der Waals surface area contributed by atoms with Crippen molar-refractivity contribution in [1.82, 2.24) is 5.32 Å². The number of carbonyl (C=O) groups is 3. The average molecular weight is 278 g/mol. The number of anilines is 1. The Balaban J connectivity index is 2.53. The summed E-state index contributed by atoms with van der Waals surface area (Å²) in [5.41, 5.74) is 1.56. The van der Waals surface area contributed by atoms with Crippen LogP contribution >= 0.6 is 0 Å². The number of benzene rings is 1. The van der Waals surface area contributed by atoms with E-state index in [-0.39, 0.29) is 6.61 Å². The highest BCUT2D eigenvalue weighted by atomic mass is 16.5. The monoisotopic (exact) mass is 278 g/mol. The van der Waals surface area contributed by atoms with E-state index in [4.69, 9.17) is 4.74 Å². The first-order valence-electron chi connectivity index (χ1n) is 6.29.